The lowest BCUT2D eigenvalue weighted by Crippen LogP contribution is -2.77. The van der Waals surface area contributed by atoms with Gasteiger partial charge in [0, 0.05) is 52.5 Å². The van der Waals surface area contributed by atoms with Crippen molar-refractivity contribution in [3.05, 3.63) is 357 Å². The Balaban J connectivity index is 0.848. The third kappa shape index (κ3) is 9.64. The summed E-state index contributed by atoms with van der Waals surface area (Å²) >= 11 is 0. The Morgan fingerprint density at radius 3 is 0.783 bits per heavy atom. The predicted molar refractivity (Wildman–Crippen MR) is 389 cm³/mol. The molecule has 1 aromatic heterocycles. The number of benzene rings is 13. The van der Waals surface area contributed by atoms with E-state index in [1.54, 1.807) is 0 Å². The zero-order valence-electron chi connectivity index (χ0n) is 51.0. The fourth-order valence-electron chi connectivity index (χ4n) is 15.2. The molecule has 0 fully saturated rings. The highest BCUT2D eigenvalue weighted by Gasteiger charge is 2.50. The van der Waals surface area contributed by atoms with Crippen molar-refractivity contribution < 1.29 is 0 Å². The Morgan fingerprint density at radius 2 is 0.467 bits per heavy atom. The monoisotopic (exact) mass is 1210 g/mol. The van der Waals surface area contributed by atoms with Gasteiger partial charge >= 0.3 is 0 Å². The smallest absolute Gasteiger partial charge is 0.183 e. The zero-order valence-corrected chi connectivity index (χ0v) is 53.0. The highest BCUT2D eigenvalue weighted by Crippen LogP contribution is 2.40. The van der Waals surface area contributed by atoms with Crippen LogP contribution in [-0.4, -0.2) is 44.2 Å². The Kier molecular flexibility index (Phi) is 14.9. The van der Waals surface area contributed by atoms with Crippen LogP contribution >= 0.6 is 0 Å². The van der Waals surface area contributed by atoms with E-state index in [9.17, 15) is 0 Å². The summed E-state index contributed by atoms with van der Waals surface area (Å²) in [4.78, 5) is 22.1. The molecule has 5 nitrogen and oxygen atoms in total. The lowest BCUT2D eigenvalue weighted by atomic mass is 9.91. The molecule has 0 atom stereocenters. The summed E-state index contributed by atoms with van der Waals surface area (Å²) < 4.78 is 0. The number of hydrogen-bond acceptors (Lipinski definition) is 5. The second-order valence-corrected chi connectivity index (χ2v) is 31.4. The molecule has 0 bridgehead atoms. The molecule has 0 radical (unpaired) electrons. The molecule has 0 saturated heterocycles. The van der Waals surface area contributed by atoms with Gasteiger partial charge in [0.05, 0.1) is 0 Å². The van der Waals surface area contributed by atoms with Crippen molar-refractivity contribution in [2.75, 3.05) is 22.9 Å². The molecule has 3 heterocycles. The highest BCUT2D eigenvalue weighted by atomic mass is 28.3. The van der Waals surface area contributed by atoms with E-state index < -0.39 is 16.1 Å². The molecule has 14 aromatic rings. The van der Waals surface area contributed by atoms with Crippen LogP contribution in [0.2, 0.25) is 0 Å². The van der Waals surface area contributed by atoms with Crippen molar-refractivity contribution in [2.45, 2.75) is 12.8 Å². The van der Waals surface area contributed by atoms with Gasteiger partial charge in [-0.2, -0.15) is 0 Å². The molecule has 0 amide bonds. The minimum Gasteiger partial charge on any atom is -0.341 e. The van der Waals surface area contributed by atoms with Gasteiger partial charge in [-0.15, -0.1) is 0 Å². The number of anilines is 4. The van der Waals surface area contributed by atoms with Crippen LogP contribution in [0.4, 0.5) is 22.7 Å². The summed E-state index contributed by atoms with van der Waals surface area (Å²) in [6.07, 6.45) is 1.39. The number of fused-ring (bicyclic) bond motifs is 4. The first kappa shape index (κ1) is 56.2. The van der Waals surface area contributed by atoms with Crippen molar-refractivity contribution >= 4 is 80.4 Å². The molecule has 0 saturated carbocycles. The summed E-state index contributed by atoms with van der Waals surface area (Å²) in [6, 6.07) is 127. The molecule has 0 aliphatic carbocycles. The molecule has 7 heteroatoms. The number of aromatic nitrogens is 3. The van der Waals surface area contributed by atoms with Crippen molar-refractivity contribution in [1.82, 2.24) is 15.0 Å². The summed E-state index contributed by atoms with van der Waals surface area (Å²) in [5.74, 6) is 1.90. The topological polar surface area (TPSA) is 45.2 Å². The van der Waals surface area contributed by atoms with Gasteiger partial charge in [0.25, 0.3) is 0 Å². The van der Waals surface area contributed by atoms with E-state index in [0.717, 1.165) is 38.9 Å². The fraction of sp³-hybridized carbons (Fsp3) is 0.0471. The average Bonchev–Trinajstić information content (AvgIpc) is 0.714. The van der Waals surface area contributed by atoms with Crippen LogP contribution in [0, 0.1) is 0 Å². The second kappa shape index (κ2) is 24.4. The molecule has 16 rings (SSSR count). The summed E-state index contributed by atoms with van der Waals surface area (Å²) in [6.45, 7) is 1.41. The average molecular weight is 1210 g/mol. The van der Waals surface area contributed by atoms with Gasteiger partial charge in [-0.1, -0.05) is 322 Å². The summed E-state index contributed by atoms with van der Waals surface area (Å²) in [7, 11) is -5.62. The number of nitrogens with zero attached hydrogens (tertiary/aromatic N) is 5. The predicted octanol–water partition coefficient (Wildman–Crippen LogP) is 14.3. The van der Waals surface area contributed by atoms with E-state index in [4.69, 9.17) is 15.0 Å². The molecule has 92 heavy (non-hydrogen) atoms. The van der Waals surface area contributed by atoms with Gasteiger partial charge in [-0.25, -0.2) is 15.0 Å². The van der Waals surface area contributed by atoms with E-state index in [0.29, 0.717) is 43.4 Å². The van der Waals surface area contributed by atoms with Crippen LogP contribution in [0.3, 0.4) is 0 Å². The van der Waals surface area contributed by atoms with Crippen LogP contribution in [0.15, 0.2) is 346 Å². The minimum atomic E-state index is -2.81. The third-order valence-electron chi connectivity index (χ3n) is 19.1. The SMILES string of the molecule is c1ccc(-c2nc(-c3cccc(-c4ccccc4)c3CCN3c4ccccc4[Si](c4ccccc4)(c4ccccc4)c4ccccc43)nc(-c3cccc(-c4ccccc4)c3CCN3c4ccccc4[Si](c4ccccc4)(c4ccccc4)c4ccccc43)n2)cc1. The van der Waals surface area contributed by atoms with Crippen molar-refractivity contribution in [3.63, 3.8) is 0 Å². The highest BCUT2D eigenvalue weighted by molar-refractivity contribution is 7.22. The Morgan fingerprint density at radius 1 is 0.217 bits per heavy atom. The van der Waals surface area contributed by atoms with Crippen LogP contribution in [-0.2, 0) is 12.8 Å². The maximum absolute atomic E-state index is 5.76. The summed E-state index contributed by atoms with van der Waals surface area (Å²) in [5.41, 5.74) is 14.8. The van der Waals surface area contributed by atoms with Crippen LogP contribution in [0.1, 0.15) is 11.1 Å². The van der Waals surface area contributed by atoms with Gasteiger partial charge in [-0.3, -0.25) is 0 Å². The number of rotatable bonds is 15. The largest absolute Gasteiger partial charge is 0.341 e. The first-order chi connectivity index (χ1) is 45.7. The van der Waals surface area contributed by atoms with Crippen LogP contribution in [0.25, 0.3) is 56.4 Å². The molecule has 0 spiro atoms. The van der Waals surface area contributed by atoms with Crippen molar-refractivity contribution in [3.8, 4) is 56.4 Å². The maximum atomic E-state index is 5.76. The molecule has 2 aliphatic heterocycles. The van der Waals surface area contributed by atoms with Crippen molar-refractivity contribution in [1.29, 1.82) is 0 Å². The van der Waals surface area contributed by atoms with E-state index in [-0.39, 0.29) is 0 Å². The van der Waals surface area contributed by atoms with E-state index >= 15 is 0 Å². The number of para-hydroxylation sites is 4. The first-order valence-corrected chi connectivity index (χ1v) is 36.0. The molecular formula is C85H65N5Si2. The molecule has 13 aromatic carbocycles. The molecule has 2 aliphatic rings. The second-order valence-electron chi connectivity index (χ2n) is 23.9. The molecule has 0 N–H and O–H groups in total. The lowest BCUT2D eigenvalue weighted by molar-refractivity contribution is 0.913. The van der Waals surface area contributed by atoms with E-state index in [1.807, 2.05) is 0 Å². The van der Waals surface area contributed by atoms with Gasteiger partial charge < -0.3 is 9.80 Å². The molecule has 0 unspecified atom stereocenters. The maximum Gasteiger partial charge on any atom is 0.183 e. The molecule has 438 valence electrons. The number of hydrogen-bond donors (Lipinski definition) is 0. The van der Waals surface area contributed by atoms with Gasteiger partial charge in [0.1, 0.15) is 0 Å². The fourth-order valence-corrected chi connectivity index (χ4v) is 25.5. The Labute approximate surface area is 541 Å². The van der Waals surface area contributed by atoms with E-state index in [1.165, 1.54) is 75.4 Å². The molecular weight excluding hydrogens is 1150 g/mol. The van der Waals surface area contributed by atoms with Gasteiger partial charge in [0.15, 0.2) is 33.6 Å². The Bertz CT molecular complexity index is 4470. The van der Waals surface area contributed by atoms with Gasteiger partial charge in [0.2, 0.25) is 0 Å². The van der Waals surface area contributed by atoms with Gasteiger partial charge in [-0.05, 0) is 112 Å². The van der Waals surface area contributed by atoms with Crippen molar-refractivity contribution in [2.24, 2.45) is 0 Å². The summed E-state index contributed by atoms with van der Waals surface area (Å²) in [5, 5.41) is 11.0. The lowest BCUT2D eigenvalue weighted by Gasteiger charge is -2.45. The van der Waals surface area contributed by atoms with Crippen LogP contribution in [0.5, 0.6) is 0 Å². The normalized spacial score (nSPS) is 13.3. The zero-order chi connectivity index (χ0) is 61.3. The third-order valence-corrected chi connectivity index (χ3v) is 28.8. The first-order valence-electron chi connectivity index (χ1n) is 32.0. The standard InChI is InChI=1S/C85H65N5Si2/c1-8-32-62(33-9-1)69-46-30-48-73(71(69)58-60-89-75-50-22-26-54-79(75)91(65-38-14-4-15-39-65,66-40-16-5-17-41-66)80-55-27-23-51-76(80)89)84-86-83(64-36-12-3-13-37-64)87-85(88-84)74-49-31-47-70(63-34-10-2-11-35-63)72(74)59-61-90-77-52-24-28-56-81(77)92(67-42-18-6-19-43-67,68-44-20-7-21-45-68)82-57-29-25-53-78(82)90/h1-57H,58-61H2. The Hall–Kier alpha value is -11.1. The quantitative estimate of drug-likeness (QED) is 0.0957. The minimum absolute atomic E-state index is 0.627. The van der Waals surface area contributed by atoms with E-state index in [2.05, 4.69) is 356 Å². The van der Waals surface area contributed by atoms with Crippen LogP contribution < -0.4 is 51.3 Å².